The molecule has 0 N–H and O–H groups in total. The molecule has 78 valence electrons. The zero-order valence-corrected chi connectivity index (χ0v) is 11.0. The Morgan fingerprint density at radius 2 is 1.79 bits per heavy atom. The fourth-order valence-electron chi connectivity index (χ4n) is 0.878. The number of halogens is 3. The number of hydrogen-bond acceptors (Lipinski definition) is 2. The number of rotatable bonds is 1. The quantitative estimate of drug-likeness (QED) is 0.742. The summed E-state index contributed by atoms with van der Waals surface area (Å²) in [6.45, 7) is 0. The molecule has 0 radical (unpaired) electrons. The summed E-state index contributed by atoms with van der Waals surface area (Å²) >= 11 is -2.58. The first-order valence-corrected chi connectivity index (χ1v) is 14.1. The molecule has 0 aromatic carbocycles. The predicted octanol–water partition coefficient (Wildman–Crippen LogP) is 2.04. The normalized spacial score (nSPS) is 13.0. The van der Waals surface area contributed by atoms with Crippen molar-refractivity contribution in [3.63, 3.8) is 0 Å². The zero-order chi connectivity index (χ0) is 11.0. The predicted molar refractivity (Wildman–Crippen MR) is 50.0 cm³/mol. The fourth-order valence-corrected chi connectivity index (χ4v) is 3.50. The first-order valence-electron chi connectivity index (χ1n) is 4.12. The third kappa shape index (κ3) is 2.83. The van der Waals surface area contributed by atoms with Crippen molar-refractivity contribution in [3.05, 3.63) is 18.0 Å². The van der Waals surface area contributed by atoms with Crippen molar-refractivity contribution in [2.24, 2.45) is 0 Å². The van der Waals surface area contributed by atoms with E-state index in [2.05, 4.69) is 9.97 Å². The first-order chi connectivity index (χ1) is 6.21. The molecule has 0 fully saturated rings. The average molecular weight is 311 g/mol. The second-order valence-electron chi connectivity index (χ2n) is 4.01. The van der Waals surface area contributed by atoms with Crippen LogP contribution in [0.3, 0.4) is 0 Å². The molecule has 0 bridgehead atoms. The van der Waals surface area contributed by atoms with Gasteiger partial charge in [0, 0.05) is 0 Å². The monoisotopic (exact) mass is 312 g/mol. The van der Waals surface area contributed by atoms with E-state index >= 15 is 0 Å². The number of aromatic nitrogens is 2. The molecule has 0 atom stereocenters. The Morgan fingerprint density at radius 3 is 2.21 bits per heavy atom. The van der Waals surface area contributed by atoms with E-state index in [1.807, 2.05) is 14.8 Å². The number of alkyl halides is 3. The van der Waals surface area contributed by atoms with Crippen LogP contribution in [0.5, 0.6) is 0 Å². The van der Waals surface area contributed by atoms with Gasteiger partial charge in [0.15, 0.2) is 0 Å². The molecule has 14 heavy (non-hydrogen) atoms. The second-order valence-corrected chi connectivity index (χ2v) is 18.1. The van der Waals surface area contributed by atoms with E-state index in [0.717, 1.165) is 6.07 Å². The SMILES string of the molecule is [CH3][Sn]([CH3])([CH3])[c]1nccc(C(F)(F)F)n1. The Kier molecular flexibility index (Phi) is 3.08. The standard InChI is InChI=1S/C5H2F3N2.3CH3.Sn/c6-5(7,8)4-1-2-9-3-10-4;;;;/h1-2H;3*1H3;. The van der Waals surface area contributed by atoms with Crippen molar-refractivity contribution in [2.75, 3.05) is 0 Å². The van der Waals surface area contributed by atoms with Crippen LogP contribution in [0.2, 0.25) is 14.8 Å². The molecule has 0 aliphatic heterocycles. The van der Waals surface area contributed by atoms with Crippen LogP contribution < -0.4 is 3.84 Å². The van der Waals surface area contributed by atoms with Gasteiger partial charge in [0.2, 0.25) is 0 Å². The number of nitrogens with zero attached hydrogens (tertiary/aromatic N) is 2. The Balaban J connectivity index is 3.15. The van der Waals surface area contributed by atoms with Gasteiger partial charge in [-0.3, -0.25) is 0 Å². The fraction of sp³-hybridized carbons (Fsp3) is 0.500. The summed E-state index contributed by atoms with van der Waals surface area (Å²) in [4.78, 5) is 13.4. The van der Waals surface area contributed by atoms with Crippen LogP contribution in [-0.2, 0) is 6.18 Å². The van der Waals surface area contributed by atoms with E-state index in [1.54, 1.807) is 0 Å². The van der Waals surface area contributed by atoms with Crippen LogP contribution >= 0.6 is 0 Å². The third-order valence-electron chi connectivity index (χ3n) is 1.62. The first kappa shape index (κ1) is 11.7. The van der Waals surface area contributed by atoms with Crippen LogP contribution in [0.1, 0.15) is 5.69 Å². The van der Waals surface area contributed by atoms with Crippen molar-refractivity contribution >= 4 is 22.2 Å². The van der Waals surface area contributed by atoms with Crippen LogP contribution in [0.25, 0.3) is 0 Å². The molecule has 1 rings (SSSR count). The summed E-state index contributed by atoms with van der Waals surface area (Å²) < 4.78 is 37.3. The molecule has 0 aliphatic rings. The van der Waals surface area contributed by atoms with Gasteiger partial charge in [0.25, 0.3) is 0 Å². The van der Waals surface area contributed by atoms with E-state index in [-0.39, 0.29) is 0 Å². The summed E-state index contributed by atoms with van der Waals surface area (Å²) in [5.41, 5.74) is -0.839. The Morgan fingerprint density at radius 1 is 1.21 bits per heavy atom. The molecule has 0 unspecified atom stereocenters. The van der Waals surface area contributed by atoms with E-state index < -0.39 is 30.2 Å². The average Bonchev–Trinajstić information content (AvgIpc) is 2.01. The molecule has 6 heteroatoms. The molecular formula is C8H11F3N2Sn. The van der Waals surface area contributed by atoms with Gasteiger partial charge in [0.05, 0.1) is 0 Å². The molecular weight excluding hydrogens is 300 g/mol. The summed E-state index contributed by atoms with van der Waals surface area (Å²) in [7, 11) is 0. The molecule has 0 amide bonds. The third-order valence-corrected chi connectivity index (χ3v) is 6.13. The Bertz CT molecular complexity index is 301. The number of hydrogen-bond donors (Lipinski definition) is 0. The van der Waals surface area contributed by atoms with Crippen molar-refractivity contribution in [1.29, 1.82) is 0 Å². The molecule has 0 spiro atoms. The molecule has 1 aromatic heterocycles. The van der Waals surface area contributed by atoms with Crippen molar-refractivity contribution < 1.29 is 13.2 Å². The molecule has 0 aliphatic carbocycles. The van der Waals surface area contributed by atoms with Gasteiger partial charge in [-0.2, -0.15) is 0 Å². The Hall–Kier alpha value is -0.331. The minimum atomic E-state index is -4.37. The molecule has 1 heterocycles. The van der Waals surface area contributed by atoms with E-state index in [1.165, 1.54) is 6.20 Å². The van der Waals surface area contributed by atoms with Gasteiger partial charge in [-0.25, -0.2) is 0 Å². The molecule has 1 aromatic rings. The summed E-state index contributed by atoms with van der Waals surface area (Å²) in [5, 5.41) is 0. The van der Waals surface area contributed by atoms with Gasteiger partial charge >= 0.3 is 84.3 Å². The second kappa shape index (κ2) is 3.67. The minimum absolute atomic E-state index is 0.411. The maximum atomic E-state index is 12.3. The summed E-state index contributed by atoms with van der Waals surface area (Å²) in [6, 6.07) is 0.904. The van der Waals surface area contributed by atoms with Crippen LogP contribution in [0.4, 0.5) is 13.2 Å². The molecule has 2 nitrogen and oxygen atoms in total. The van der Waals surface area contributed by atoms with E-state index in [4.69, 9.17) is 0 Å². The van der Waals surface area contributed by atoms with Gasteiger partial charge in [0.1, 0.15) is 0 Å². The van der Waals surface area contributed by atoms with Crippen molar-refractivity contribution in [2.45, 2.75) is 21.0 Å². The summed E-state index contributed by atoms with van der Waals surface area (Å²) in [6.07, 6.45) is -3.18. The molecule has 0 saturated heterocycles. The van der Waals surface area contributed by atoms with Crippen LogP contribution in [-0.4, -0.2) is 28.3 Å². The van der Waals surface area contributed by atoms with Crippen molar-refractivity contribution in [3.8, 4) is 0 Å². The van der Waals surface area contributed by atoms with E-state index in [9.17, 15) is 13.2 Å². The van der Waals surface area contributed by atoms with Gasteiger partial charge in [-0.05, 0) is 0 Å². The summed E-state index contributed by atoms with van der Waals surface area (Å²) in [5.74, 6) is 0. The van der Waals surface area contributed by atoms with Gasteiger partial charge in [-0.15, -0.1) is 0 Å². The topological polar surface area (TPSA) is 25.8 Å². The van der Waals surface area contributed by atoms with Crippen LogP contribution in [0.15, 0.2) is 12.3 Å². The van der Waals surface area contributed by atoms with Crippen molar-refractivity contribution in [1.82, 2.24) is 9.97 Å². The maximum absolute atomic E-state index is 12.3. The van der Waals surface area contributed by atoms with Crippen LogP contribution in [0, 0.1) is 0 Å². The van der Waals surface area contributed by atoms with Gasteiger partial charge < -0.3 is 0 Å². The van der Waals surface area contributed by atoms with Gasteiger partial charge in [-0.1, -0.05) is 0 Å². The Labute approximate surface area is 84.4 Å². The zero-order valence-electron chi connectivity index (χ0n) is 8.18. The molecule has 0 saturated carbocycles. The van der Waals surface area contributed by atoms with E-state index in [0.29, 0.717) is 3.84 Å².